The number of hydrogen-bond acceptors (Lipinski definition) is 2. The summed E-state index contributed by atoms with van der Waals surface area (Å²) in [4.78, 5) is 12.3. The van der Waals surface area contributed by atoms with Gasteiger partial charge in [-0.05, 0) is 19.4 Å². The maximum atomic E-state index is 10.7. The van der Waals surface area contributed by atoms with Gasteiger partial charge in [0, 0.05) is 13.1 Å². The van der Waals surface area contributed by atoms with Crippen molar-refractivity contribution >= 4 is 6.03 Å². The van der Waals surface area contributed by atoms with Crippen LogP contribution in [0.15, 0.2) is 0 Å². The van der Waals surface area contributed by atoms with Crippen molar-refractivity contribution in [2.45, 2.75) is 13.8 Å². The van der Waals surface area contributed by atoms with Crippen molar-refractivity contribution in [3.8, 4) is 0 Å². The highest BCUT2D eigenvalue weighted by atomic mass is 16.2. The number of hydrogen-bond donors (Lipinski definition) is 2. The highest BCUT2D eigenvalue weighted by molar-refractivity contribution is 5.71. The minimum Gasteiger partial charge on any atom is -0.351 e. The largest absolute Gasteiger partial charge is 0.351 e. The molecule has 1 unspecified atom stereocenters. The molecule has 0 aromatic rings. The molecular weight excluding hydrogens is 142 g/mol. The summed E-state index contributed by atoms with van der Waals surface area (Å²) in [5.74, 6) is 0.322. The van der Waals surface area contributed by atoms with Gasteiger partial charge in [0.1, 0.15) is 0 Å². The van der Waals surface area contributed by atoms with E-state index in [1.54, 1.807) is 4.90 Å². The van der Waals surface area contributed by atoms with E-state index in [0.717, 1.165) is 0 Å². The van der Waals surface area contributed by atoms with Gasteiger partial charge in [-0.2, -0.15) is 0 Å². The molecule has 0 aliphatic rings. The van der Waals surface area contributed by atoms with Crippen LogP contribution in [0.25, 0.3) is 0 Å². The van der Waals surface area contributed by atoms with Crippen LogP contribution in [0.3, 0.4) is 0 Å². The fourth-order valence-corrected chi connectivity index (χ4v) is 0.826. The van der Waals surface area contributed by atoms with E-state index in [2.05, 4.69) is 0 Å². The summed E-state index contributed by atoms with van der Waals surface area (Å²) < 4.78 is 0. The summed E-state index contributed by atoms with van der Waals surface area (Å²) in [5.41, 5.74) is 10.5. The Labute approximate surface area is 67.5 Å². The molecule has 0 bridgehead atoms. The second-order valence-corrected chi connectivity index (χ2v) is 2.72. The lowest BCUT2D eigenvalue weighted by atomic mass is 10.2. The van der Waals surface area contributed by atoms with Crippen molar-refractivity contribution in [1.82, 2.24) is 4.90 Å². The van der Waals surface area contributed by atoms with Gasteiger partial charge >= 0.3 is 6.03 Å². The summed E-state index contributed by atoms with van der Waals surface area (Å²) in [6.07, 6.45) is 0. The SMILES string of the molecule is CCN(CC(C)CN)C(N)=O. The molecule has 11 heavy (non-hydrogen) atoms. The molecule has 0 aromatic heterocycles. The van der Waals surface area contributed by atoms with Crippen LogP contribution in [0.2, 0.25) is 0 Å². The number of nitrogens with two attached hydrogens (primary N) is 2. The molecule has 66 valence electrons. The molecule has 0 fully saturated rings. The molecule has 0 rings (SSSR count). The maximum absolute atomic E-state index is 10.7. The molecule has 4 N–H and O–H groups in total. The molecule has 0 radical (unpaired) electrons. The number of rotatable bonds is 4. The standard InChI is InChI=1S/C7H17N3O/c1-3-10(7(9)11)5-6(2)4-8/h6H,3-5,8H2,1-2H3,(H2,9,11). The molecule has 4 nitrogen and oxygen atoms in total. The molecule has 0 saturated heterocycles. The molecule has 0 spiro atoms. The zero-order chi connectivity index (χ0) is 8.85. The molecule has 0 heterocycles. The Kier molecular flexibility index (Phi) is 4.61. The van der Waals surface area contributed by atoms with E-state index in [9.17, 15) is 4.79 Å². The van der Waals surface area contributed by atoms with Gasteiger partial charge in [-0.3, -0.25) is 0 Å². The lowest BCUT2D eigenvalue weighted by Crippen LogP contribution is -2.39. The first kappa shape index (κ1) is 10.2. The Morgan fingerprint density at radius 1 is 1.64 bits per heavy atom. The average Bonchev–Trinajstić information content (AvgIpc) is 1.99. The Morgan fingerprint density at radius 3 is 2.45 bits per heavy atom. The smallest absolute Gasteiger partial charge is 0.314 e. The van der Waals surface area contributed by atoms with Gasteiger partial charge in [0.05, 0.1) is 0 Å². The lowest BCUT2D eigenvalue weighted by Gasteiger charge is -2.21. The Hall–Kier alpha value is -0.770. The van der Waals surface area contributed by atoms with Gasteiger partial charge in [0.25, 0.3) is 0 Å². The Morgan fingerprint density at radius 2 is 2.18 bits per heavy atom. The third-order valence-corrected chi connectivity index (χ3v) is 1.63. The predicted octanol–water partition coefficient (Wildman–Crippen LogP) is -0.0182. The molecule has 0 aliphatic heterocycles. The van der Waals surface area contributed by atoms with Crippen LogP contribution in [-0.2, 0) is 0 Å². The van der Waals surface area contributed by atoms with Crippen LogP contribution in [0.5, 0.6) is 0 Å². The molecule has 0 saturated carbocycles. The van der Waals surface area contributed by atoms with E-state index in [1.165, 1.54) is 0 Å². The van der Waals surface area contributed by atoms with Gasteiger partial charge in [-0.1, -0.05) is 6.92 Å². The van der Waals surface area contributed by atoms with E-state index >= 15 is 0 Å². The van der Waals surface area contributed by atoms with Crippen LogP contribution < -0.4 is 11.5 Å². The van der Waals surface area contributed by atoms with Crippen molar-refractivity contribution in [3.05, 3.63) is 0 Å². The van der Waals surface area contributed by atoms with Crippen LogP contribution in [0.1, 0.15) is 13.8 Å². The molecular formula is C7H17N3O. The Balaban J connectivity index is 3.77. The monoisotopic (exact) mass is 159 g/mol. The van der Waals surface area contributed by atoms with Gasteiger partial charge in [-0.15, -0.1) is 0 Å². The second kappa shape index (κ2) is 4.96. The number of amides is 2. The highest BCUT2D eigenvalue weighted by Crippen LogP contribution is 1.96. The van der Waals surface area contributed by atoms with E-state index in [-0.39, 0.29) is 6.03 Å². The molecule has 1 atom stereocenters. The quantitative estimate of drug-likeness (QED) is 0.605. The van der Waals surface area contributed by atoms with E-state index < -0.39 is 0 Å². The van der Waals surface area contributed by atoms with Crippen LogP contribution in [0.4, 0.5) is 4.79 Å². The van der Waals surface area contributed by atoms with E-state index in [4.69, 9.17) is 11.5 Å². The fourth-order valence-electron chi connectivity index (χ4n) is 0.826. The summed E-state index contributed by atoms with van der Waals surface area (Å²) in [7, 11) is 0. The first-order valence-electron chi connectivity index (χ1n) is 3.86. The number of carbonyl (C=O) groups is 1. The number of carbonyl (C=O) groups excluding carboxylic acids is 1. The molecule has 2 amide bonds. The van der Waals surface area contributed by atoms with Crippen molar-refractivity contribution < 1.29 is 4.79 Å². The predicted molar refractivity (Wildman–Crippen MR) is 45.0 cm³/mol. The van der Waals surface area contributed by atoms with Gasteiger partial charge in [0.2, 0.25) is 0 Å². The van der Waals surface area contributed by atoms with Crippen LogP contribution >= 0.6 is 0 Å². The first-order chi connectivity index (χ1) is 5.11. The zero-order valence-electron chi connectivity index (χ0n) is 7.21. The van der Waals surface area contributed by atoms with E-state index in [0.29, 0.717) is 25.6 Å². The van der Waals surface area contributed by atoms with Crippen molar-refractivity contribution in [2.24, 2.45) is 17.4 Å². The first-order valence-corrected chi connectivity index (χ1v) is 3.86. The average molecular weight is 159 g/mol. The van der Waals surface area contributed by atoms with Crippen molar-refractivity contribution in [2.75, 3.05) is 19.6 Å². The topological polar surface area (TPSA) is 72.3 Å². The summed E-state index contributed by atoms with van der Waals surface area (Å²) >= 11 is 0. The third-order valence-electron chi connectivity index (χ3n) is 1.63. The van der Waals surface area contributed by atoms with Crippen LogP contribution in [-0.4, -0.2) is 30.6 Å². The normalized spacial score (nSPS) is 12.6. The molecule has 0 aromatic carbocycles. The second-order valence-electron chi connectivity index (χ2n) is 2.72. The summed E-state index contributed by atoms with van der Waals surface area (Å²) in [6.45, 7) is 5.78. The number of nitrogens with zero attached hydrogens (tertiary/aromatic N) is 1. The Bertz CT molecular complexity index is 127. The summed E-state index contributed by atoms with van der Waals surface area (Å²) in [5, 5.41) is 0. The minimum atomic E-state index is -0.368. The van der Waals surface area contributed by atoms with Crippen LogP contribution in [0, 0.1) is 5.92 Å². The zero-order valence-corrected chi connectivity index (χ0v) is 7.21. The highest BCUT2D eigenvalue weighted by Gasteiger charge is 2.09. The maximum Gasteiger partial charge on any atom is 0.314 e. The van der Waals surface area contributed by atoms with Crippen molar-refractivity contribution in [3.63, 3.8) is 0 Å². The van der Waals surface area contributed by atoms with Gasteiger partial charge in [-0.25, -0.2) is 4.79 Å². The third kappa shape index (κ3) is 3.83. The number of primary amides is 1. The number of urea groups is 1. The fraction of sp³-hybridized carbons (Fsp3) is 0.857. The van der Waals surface area contributed by atoms with Crippen molar-refractivity contribution in [1.29, 1.82) is 0 Å². The molecule has 4 heteroatoms. The van der Waals surface area contributed by atoms with Gasteiger partial charge < -0.3 is 16.4 Å². The molecule has 0 aliphatic carbocycles. The van der Waals surface area contributed by atoms with Gasteiger partial charge in [0.15, 0.2) is 0 Å². The summed E-state index contributed by atoms with van der Waals surface area (Å²) in [6, 6.07) is -0.368. The van der Waals surface area contributed by atoms with E-state index in [1.807, 2.05) is 13.8 Å². The lowest BCUT2D eigenvalue weighted by molar-refractivity contribution is 0.202. The minimum absolute atomic E-state index is 0.322.